The minimum absolute atomic E-state index is 0.0518. The standard InChI is InChI=1S/C18H23NO3/c1-13(20)9-10-19(2)18(21)11-15-6-4-5-14-7-8-16(22-3)12-17(14)15/h4-8,12-13,20H,9-11H2,1-3H3. The van der Waals surface area contributed by atoms with Crippen molar-refractivity contribution in [2.24, 2.45) is 0 Å². The molecule has 4 heteroatoms. The molecule has 118 valence electrons. The van der Waals surface area contributed by atoms with Crippen molar-refractivity contribution in [2.75, 3.05) is 20.7 Å². The Balaban J connectivity index is 2.18. The molecule has 0 aliphatic heterocycles. The third-order valence-corrected chi connectivity index (χ3v) is 3.83. The third kappa shape index (κ3) is 3.98. The van der Waals surface area contributed by atoms with E-state index in [0.717, 1.165) is 22.1 Å². The van der Waals surface area contributed by atoms with Crippen LogP contribution in [-0.2, 0) is 11.2 Å². The highest BCUT2D eigenvalue weighted by Crippen LogP contribution is 2.24. The van der Waals surface area contributed by atoms with Gasteiger partial charge in [-0.2, -0.15) is 0 Å². The second kappa shape index (κ2) is 7.27. The summed E-state index contributed by atoms with van der Waals surface area (Å²) in [6.07, 6.45) is 0.545. The van der Waals surface area contributed by atoms with Crippen LogP contribution in [-0.4, -0.2) is 42.7 Å². The minimum atomic E-state index is -0.392. The topological polar surface area (TPSA) is 49.8 Å². The summed E-state index contributed by atoms with van der Waals surface area (Å²) in [7, 11) is 3.41. The molecule has 0 saturated carbocycles. The maximum absolute atomic E-state index is 12.3. The largest absolute Gasteiger partial charge is 0.497 e. The second-order valence-electron chi connectivity index (χ2n) is 5.63. The summed E-state index contributed by atoms with van der Waals surface area (Å²) in [5.41, 5.74) is 0.991. The van der Waals surface area contributed by atoms with Crippen molar-refractivity contribution in [1.29, 1.82) is 0 Å². The molecule has 0 fully saturated rings. The molecule has 1 amide bonds. The van der Waals surface area contributed by atoms with Crippen molar-refractivity contribution in [3.05, 3.63) is 42.0 Å². The Kier molecular flexibility index (Phi) is 5.39. The van der Waals surface area contributed by atoms with Gasteiger partial charge in [0, 0.05) is 13.6 Å². The fourth-order valence-corrected chi connectivity index (χ4v) is 2.40. The van der Waals surface area contributed by atoms with Crippen molar-refractivity contribution >= 4 is 16.7 Å². The van der Waals surface area contributed by atoms with Crippen LogP contribution in [0.3, 0.4) is 0 Å². The number of hydrogen-bond acceptors (Lipinski definition) is 3. The monoisotopic (exact) mass is 301 g/mol. The fraction of sp³-hybridized carbons (Fsp3) is 0.389. The summed E-state index contributed by atoms with van der Waals surface area (Å²) in [5, 5.41) is 11.5. The molecule has 1 unspecified atom stereocenters. The molecule has 0 bridgehead atoms. The van der Waals surface area contributed by atoms with Crippen molar-refractivity contribution in [3.63, 3.8) is 0 Å². The van der Waals surface area contributed by atoms with Gasteiger partial charge in [0.2, 0.25) is 5.91 Å². The Bertz CT molecular complexity index is 652. The van der Waals surface area contributed by atoms with Gasteiger partial charge in [-0.15, -0.1) is 0 Å². The summed E-state index contributed by atoms with van der Waals surface area (Å²) in [4.78, 5) is 14.0. The molecule has 22 heavy (non-hydrogen) atoms. The molecule has 0 saturated heterocycles. The zero-order valence-electron chi connectivity index (χ0n) is 13.4. The smallest absolute Gasteiger partial charge is 0.226 e. The molecule has 1 N–H and O–H groups in total. The first-order valence-electron chi connectivity index (χ1n) is 7.49. The number of methoxy groups -OCH3 is 1. The number of likely N-dealkylation sites (N-methyl/N-ethyl adjacent to an activating group) is 1. The van der Waals surface area contributed by atoms with Crippen molar-refractivity contribution in [2.45, 2.75) is 25.9 Å². The van der Waals surface area contributed by atoms with E-state index in [1.165, 1.54) is 0 Å². The van der Waals surface area contributed by atoms with Crippen LogP contribution in [0.25, 0.3) is 10.8 Å². The maximum atomic E-state index is 12.3. The van der Waals surface area contributed by atoms with Gasteiger partial charge in [0.25, 0.3) is 0 Å². The number of hydrogen-bond donors (Lipinski definition) is 1. The van der Waals surface area contributed by atoms with Gasteiger partial charge in [-0.05, 0) is 41.8 Å². The lowest BCUT2D eigenvalue weighted by atomic mass is 10.0. The van der Waals surface area contributed by atoms with Crippen LogP contribution in [0.4, 0.5) is 0 Å². The van der Waals surface area contributed by atoms with Crippen LogP contribution in [0, 0.1) is 0 Å². The normalized spacial score (nSPS) is 12.2. The Hall–Kier alpha value is -2.07. The SMILES string of the molecule is COc1ccc2cccc(CC(=O)N(C)CCC(C)O)c2c1. The predicted octanol–water partition coefficient (Wildman–Crippen LogP) is 2.62. The number of rotatable bonds is 6. The zero-order chi connectivity index (χ0) is 16.1. The molecule has 2 aromatic carbocycles. The highest BCUT2D eigenvalue weighted by Gasteiger charge is 2.12. The van der Waals surface area contributed by atoms with Crippen LogP contribution in [0.2, 0.25) is 0 Å². The van der Waals surface area contributed by atoms with E-state index in [4.69, 9.17) is 4.74 Å². The van der Waals surface area contributed by atoms with E-state index >= 15 is 0 Å². The molecule has 0 aliphatic rings. The van der Waals surface area contributed by atoms with Gasteiger partial charge in [-0.3, -0.25) is 4.79 Å². The van der Waals surface area contributed by atoms with Gasteiger partial charge >= 0.3 is 0 Å². The zero-order valence-corrected chi connectivity index (χ0v) is 13.4. The van der Waals surface area contributed by atoms with Gasteiger partial charge in [-0.25, -0.2) is 0 Å². The number of fused-ring (bicyclic) bond motifs is 1. The average molecular weight is 301 g/mol. The van der Waals surface area contributed by atoms with Gasteiger partial charge in [-0.1, -0.05) is 24.3 Å². The Labute approximate surface area is 131 Å². The number of nitrogens with zero attached hydrogens (tertiary/aromatic N) is 1. The first kappa shape index (κ1) is 16.3. The van der Waals surface area contributed by atoms with Crippen molar-refractivity contribution in [3.8, 4) is 5.75 Å². The van der Waals surface area contributed by atoms with Crippen LogP contribution in [0.5, 0.6) is 5.75 Å². The Morgan fingerprint density at radius 3 is 2.77 bits per heavy atom. The third-order valence-electron chi connectivity index (χ3n) is 3.83. The lowest BCUT2D eigenvalue weighted by Crippen LogP contribution is -2.30. The number of amides is 1. The molecule has 4 nitrogen and oxygen atoms in total. The fourth-order valence-electron chi connectivity index (χ4n) is 2.40. The average Bonchev–Trinajstić information content (AvgIpc) is 2.52. The summed E-state index contributed by atoms with van der Waals surface area (Å²) >= 11 is 0. The molecular formula is C18H23NO3. The van der Waals surface area contributed by atoms with Crippen LogP contribution in [0.1, 0.15) is 18.9 Å². The highest BCUT2D eigenvalue weighted by molar-refractivity contribution is 5.91. The molecule has 0 spiro atoms. The minimum Gasteiger partial charge on any atom is -0.497 e. The van der Waals surface area contributed by atoms with E-state index in [-0.39, 0.29) is 5.91 Å². The summed E-state index contributed by atoms with van der Waals surface area (Å²) in [6.45, 7) is 2.29. The van der Waals surface area contributed by atoms with Gasteiger partial charge in [0.1, 0.15) is 5.75 Å². The van der Waals surface area contributed by atoms with Gasteiger partial charge in [0.15, 0.2) is 0 Å². The summed E-state index contributed by atoms with van der Waals surface area (Å²) in [5.74, 6) is 0.839. The van der Waals surface area contributed by atoms with E-state index in [9.17, 15) is 9.90 Å². The van der Waals surface area contributed by atoms with Crippen LogP contribution >= 0.6 is 0 Å². The summed E-state index contributed by atoms with van der Waals surface area (Å²) in [6, 6.07) is 11.9. The lowest BCUT2D eigenvalue weighted by molar-refractivity contribution is -0.129. The van der Waals surface area contributed by atoms with Gasteiger partial charge in [0.05, 0.1) is 19.6 Å². The lowest BCUT2D eigenvalue weighted by Gasteiger charge is -2.18. The quantitative estimate of drug-likeness (QED) is 0.892. The maximum Gasteiger partial charge on any atom is 0.226 e. The number of carbonyl (C=O) groups excluding carboxylic acids is 1. The second-order valence-corrected chi connectivity index (χ2v) is 5.63. The molecule has 0 radical (unpaired) electrons. The van der Waals surface area contributed by atoms with Crippen molar-refractivity contribution < 1.29 is 14.6 Å². The van der Waals surface area contributed by atoms with Crippen LogP contribution in [0.15, 0.2) is 36.4 Å². The first-order chi connectivity index (χ1) is 10.5. The molecule has 0 heterocycles. The molecule has 2 rings (SSSR count). The number of ether oxygens (including phenoxy) is 1. The summed E-state index contributed by atoms with van der Waals surface area (Å²) < 4.78 is 5.27. The predicted molar refractivity (Wildman–Crippen MR) is 88.1 cm³/mol. The number of benzene rings is 2. The number of aliphatic hydroxyl groups is 1. The van der Waals surface area contributed by atoms with E-state index in [2.05, 4.69) is 0 Å². The first-order valence-corrected chi connectivity index (χ1v) is 7.49. The number of carbonyl (C=O) groups is 1. The Morgan fingerprint density at radius 2 is 2.09 bits per heavy atom. The molecule has 0 aliphatic carbocycles. The Morgan fingerprint density at radius 1 is 1.32 bits per heavy atom. The highest BCUT2D eigenvalue weighted by atomic mass is 16.5. The molecule has 2 aromatic rings. The van der Waals surface area contributed by atoms with E-state index in [0.29, 0.717) is 19.4 Å². The molecular weight excluding hydrogens is 278 g/mol. The van der Waals surface area contributed by atoms with E-state index in [1.807, 2.05) is 36.4 Å². The molecule has 0 aromatic heterocycles. The van der Waals surface area contributed by atoms with E-state index < -0.39 is 6.10 Å². The number of aliphatic hydroxyl groups excluding tert-OH is 1. The molecule has 1 atom stereocenters. The van der Waals surface area contributed by atoms with Crippen LogP contribution < -0.4 is 4.74 Å². The van der Waals surface area contributed by atoms with Crippen molar-refractivity contribution in [1.82, 2.24) is 4.90 Å². The van der Waals surface area contributed by atoms with Gasteiger partial charge < -0.3 is 14.7 Å². The van der Waals surface area contributed by atoms with E-state index in [1.54, 1.807) is 26.0 Å².